The van der Waals surface area contributed by atoms with E-state index < -0.39 is 0 Å². The molecule has 114 valence electrons. The summed E-state index contributed by atoms with van der Waals surface area (Å²) in [4.78, 5) is 14.3. The number of hydrogen-bond acceptors (Lipinski definition) is 2. The predicted molar refractivity (Wildman–Crippen MR) is 85.8 cm³/mol. The average Bonchev–Trinajstić information content (AvgIpc) is 3.01. The molecule has 3 nitrogen and oxygen atoms in total. The molecule has 1 aromatic rings. The highest BCUT2D eigenvalue weighted by atomic mass is 35.5. The van der Waals surface area contributed by atoms with Gasteiger partial charge in [0.15, 0.2) is 0 Å². The molecule has 1 atom stereocenters. The van der Waals surface area contributed by atoms with Crippen LogP contribution in [0.5, 0.6) is 0 Å². The lowest BCUT2D eigenvalue weighted by molar-refractivity contribution is -0.132. The Bertz CT molecular complexity index is 541. The van der Waals surface area contributed by atoms with E-state index in [2.05, 4.69) is 5.32 Å². The smallest absolute Gasteiger partial charge is 0.222 e. The molecule has 1 fully saturated rings. The average molecular weight is 327 g/mol. The van der Waals surface area contributed by atoms with Crippen molar-refractivity contribution in [3.63, 3.8) is 0 Å². The van der Waals surface area contributed by atoms with Crippen LogP contribution in [0.15, 0.2) is 12.1 Å². The molecule has 21 heavy (non-hydrogen) atoms. The highest BCUT2D eigenvalue weighted by Crippen LogP contribution is 2.32. The summed E-state index contributed by atoms with van der Waals surface area (Å²) in [7, 11) is 0. The first-order valence-electron chi connectivity index (χ1n) is 7.59. The monoisotopic (exact) mass is 326 g/mol. The minimum atomic E-state index is 0.263. The van der Waals surface area contributed by atoms with Gasteiger partial charge in [-0.2, -0.15) is 0 Å². The largest absolute Gasteiger partial charge is 0.338 e. The van der Waals surface area contributed by atoms with Gasteiger partial charge < -0.3 is 10.2 Å². The van der Waals surface area contributed by atoms with Crippen LogP contribution < -0.4 is 5.32 Å². The van der Waals surface area contributed by atoms with Crippen LogP contribution in [0.3, 0.4) is 0 Å². The van der Waals surface area contributed by atoms with Crippen LogP contribution in [-0.2, 0) is 17.8 Å². The van der Waals surface area contributed by atoms with Crippen LogP contribution in [0.1, 0.15) is 30.4 Å². The van der Waals surface area contributed by atoms with E-state index in [1.54, 1.807) is 0 Å². The van der Waals surface area contributed by atoms with E-state index in [4.69, 9.17) is 23.2 Å². The second-order valence-corrected chi connectivity index (χ2v) is 6.75. The number of benzene rings is 1. The molecule has 0 aromatic heterocycles. The molecule has 1 N–H and O–H groups in total. The molecular weight excluding hydrogens is 307 g/mol. The van der Waals surface area contributed by atoms with Crippen LogP contribution in [0.2, 0.25) is 10.0 Å². The maximum atomic E-state index is 12.4. The van der Waals surface area contributed by atoms with Gasteiger partial charge >= 0.3 is 0 Å². The van der Waals surface area contributed by atoms with E-state index in [1.165, 1.54) is 6.42 Å². The molecule has 1 amide bonds. The van der Waals surface area contributed by atoms with Gasteiger partial charge in [0.05, 0.1) is 10.0 Å². The first-order chi connectivity index (χ1) is 10.1. The van der Waals surface area contributed by atoms with E-state index in [0.29, 0.717) is 28.9 Å². The molecule has 2 aliphatic rings. The van der Waals surface area contributed by atoms with E-state index in [0.717, 1.165) is 43.6 Å². The topological polar surface area (TPSA) is 32.3 Å². The third kappa shape index (κ3) is 3.36. The molecule has 0 radical (unpaired) electrons. The molecule has 1 aromatic carbocycles. The molecule has 0 saturated carbocycles. The summed E-state index contributed by atoms with van der Waals surface area (Å²) in [5.41, 5.74) is 2.24. The van der Waals surface area contributed by atoms with Crippen molar-refractivity contribution in [3.8, 4) is 0 Å². The molecule has 0 bridgehead atoms. The summed E-state index contributed by atoms with van der Waals surface area (Å²) in [6, 6.07) is 3.81. The second-order valence-electron chi connectivity index (χ2n) is 5.96. The lowest BCUT2D eigenvalue weighted by Crippen LogP contribution is -2.36. The van der Waals surface area contributed by atoms with Gasteiger partial charge in [0, 0.05) is 19.5 Å². The Labute approximate surface area is 135 Å². The predicted octanol–water partition coefficient (Wildman–Crippen LogP) is 3.27. The number of carbonyl (C=O) groups is 1. The van der Waals surface area contributed by atoms with Crippen molar-refractivity contribution in [1.82, 2.24) is 10.2 Å². The molecule has 1 unspecified atom stereocenters. The number of nitrogens with zero attached hydrogens (tertiary/aromatic N) is 1. The Morgan fingerprint density at radius 1 is 1.38 bits per heavy atom. The summed E-state index contributed by atoms with van der Waals surface area (Å²) in [6.07, 6.45) is 3.65. The lowest BCUT2D eigenvalue weighted by Gasteiger charge is -2.30. The molecular formula is C16H20Cl2N2O. The maximum absolute atomic E-state index is 12.4. The van der Waals surface area contributed by atoms with Gasteiger partial charge in [-0.25, -0.2) is 0 Å². The minimum Gasteiger partial charge on any atom is -0.338 e. The van der Waals surface area contributed by atoms with Gasteiger partial charge in [-0.15, -0.1) is 0 Å². The van der Waals surface area contributed by atoms with Crippen molar-refractivity contribution in [2.24, 2.45) is 5.92 Å². The Morgan fingerprint density at radius 3 is 3.00 bits per heavy atom. The molecule has 0 spiro atoms. The highest BCUT2D eigenvalue weighted by Gasteiger charge is 2.24. The molecule has 1 saturated heterocycles. The number of hydrogen-bond donors (Lipinski definition) is 1. The Kier molecular flexibility index (Phi) is 4.72. The summed E-state index contributed by atoms with van der Waals surface area (Å²) in [5.74, 6) is 0.929. The summed E-state index contributed by atoms with van der Waals surface area (Å²) < 4.78 is 0. The molecule has 0 aliphatic carbocycles. The Balaban J connectivity index is 1.60. The van der Waals surface area contributed by atoms with Gasteiger partial charge in [-0.3, -0.25) is 4.79 Å². The van der Waals surface area contributed by atoms with Crippen LogP contribution >= 0.6 is 23.2 Å². The quantitative estimate of drug-likeness (QED) is 0.924. The molecule has 2 aliphatic heterocycles. The number of fused-ring (bicyclic) bond motifs is 1. The zero-order valence-electron chi connectivity index (χ0n) is 12.0. The number of nitrogens with one attached hydrogen (secondary N) is 1. The number of halogens is 2. The fourth-order valence-corrected chi connectivity index (χ4v) is 3.70. The van der Waals surface area contributed by atoms with Gasteiger partial charge in [0.2, 0.25) is 5.91 Å². The normalized spacial score (nSPS) is 21.4. The van der Waals surface area contributed by atoms with E-state index in [9.17, 15) is 4.79 Å². The van der Waals surface area contributed by atoms with Crippen LogP contribution in [0, 0.1) is 5.92 Å². The van der Waals surface area contributed by atoms with Crippen LogP contribution in [0.25, 0.3) is 0 Å². The van der Waals surface area contributed by atoms with Crippen molar-refractivity contribution in [2.75, 3.05) is 19.6 Å². The second kappa shape index (κ2) is 6.55. The highest BCUT2D eigenvalue weighted by molar-refractivity contribution is 6.42. The van der Waals surface area contributed by atoms with Crippen molar-refractivity contribution >= 4 is 29.1 Å². The SMILES string of the molecule is O=C(CCC1CCNC1)N1CCc2c(ccc(Cl)c2Cl)C1. The van der Waals surface area contributed by atoms with E-state index in [-0.39, 0.29) is 5.91 Å². The fraction of sp³-hybridized carbons (Fsp3) is 0.562. The third-order valence-corrected chi connectivity index (χ3v) is 5.41. The minimum absolute atomic E-state index is 0.263. The van der Waals surface area contributed by atoms with Gasteiger partial charge in [0.25, 0.3) is 0 Å². The van der Waals surface area contributed by atoms with Crippen LogP contribution in [-0.4, -0.2) is 30.4 Å². The first kappa shape index (κ1) is 15.1. The van der Waals surface area contributed by atoms with Gasteiger partial charge in [-0.1, -0.05) is 29.3 Å². The zero-order valence-corrected chi connectivity index (χ0v) is 13.5. The molecule has 5 heteroatoms. The van der Waals surface area contributed by atoms with Gasteiger partial charge in [-0.05, 0) is 55.5 Å². The standard InChI is InChI=1S/C16H20Cl2N2O/c17-14-3-2-12-10-20(8-6-13(12)16(14)18)15(21)4-1-11-5-7-19-9-11/h2-3,11,19H,1,4-10H2. The number of carbonyl (C=O) groups excluding carboxylic acids is 1. The van der Waals surface area contributed by atoms with Crippen molar-refractivity contribution in [3.05, 3.63) is 33.3 Å². The zero-order chi connectivity index (χ0) is 14.8. The number of amides is 1. The van der Waals surface area contributed by atoms with Crippen LogP contribution in [0.4, 0.5) is 0 Å². The summed E-state index contributed by atoms with van der Waals surface area (Å²) >= 11 is 12.3. The third-order valence-electron chi connectivity index (χ3n) is 4.57. The lowest BCUT2D eigenvalue weighted by atomic mass is 9.98. The molecule has 3 rings (SSSR count). The Hall–Kier alpha value is -0.770. The Morgan fingerprint density at radius 2 is 2.24 bits per heavy atom. The van der Waals surface area contributed by atoms with Gasteiger partial charge in [0.1, 0.15) is 0 Å². The van der Waals surface area contributed by atoms with Crippen molar-refractivity contribution < 1.29 is 4.79 Å². The number of rotatable bonds is 3. The maximum Gasteiger partial charge on any atom is 0.222 e. The molecule has 2 heterocycles. The first-order valence-corrected chi connectivity index (χ1v) is 8.35. The summed E-state index contributed by atoms with van der Waals surface area (Å²) in [6.45, 7) is 3.56. The van der Waals surface area contributed by atoms with Crippen molar-refractivity contribution in [2.45, 2.75) is 32.2 Å². The summed E-state index contributed by atoms with van der Waals surface area (Å²) in [5, 5.41) is 4.60. The van der Waals surface area contributed by atoms with E-state index in [1.807, 2.05) is 17.0 Å². The van der Waals surface area contributed by atoms with E-state index >= 15 is 0 Å². The fourth-order valence-electron chi connectivity index (χ4n) is 3.24. The van der Waals surface area contributed by atoms with Crippen molar-refractivity contribution in [1.29, 1.82) is 0 Å².